The van der Waals surface area contributed by atoms with E-state index >= 15 is 0 Å². The number of amides is 1. The van der Waals surface area contributed by atoms with Crippen LogP contribution in [0.3, 0.4) is 0 Å². The Morgan fingerprint density at radius 2 is 2.00 bits per heavy atom. The third kappa shape index (κ3) is 3.97. The number of alkyl halides is 3. The van der Waals surface area contributed by atoms with Crippen molar-refractivity contribution in [2.45, 2.75) is 38.4 Å². The van der Waals surface area contributed by atoms with E-state index in [0.717, 1.165) is 36.7 Å². The molecule has 1 atom stereocenters. The van der Waals surface area contributed by atoms with Crippen molar-refractivity contribution >= 4 is 23.4 Å². The van der Waals surface area contributed by atoms with Crippen LogP contribution in [0, 0.1) is 0 Å². The fourth-order valence-electron chi connectivity index (χ4n) is 2.78. The number of anilines is 1. The molecular formula is C15H19F3N6OS. The van der Waals surface area contributed by atoms with Gasteiger partial charge in [-0.3, -0.25) is 9.48 Å². The number of halogens is 3. The van der Waals surface area contributed by atoms with Gasteiger partial charge in [0.25, 0.3) is 5.91 Å². The second-order valence-electron chi connectivity index (χ2n) is 6.21. The van der Waals surface area contributed by atoms with Gasteiger partial charge in [-0.25, -0.2) is 4.98 Å². The first-order valence-corrected chi connectivity index (χ1v) is 9.03. The maximum atomic E-state index is 12.7. The van der Waals surface area contributed by atoms with E-state index in [9.17, 15) is 18.0 Å². The highest BCUT2D eigenvalue weighted by molar-refractivity contribution is 7.05. The first kappa shape index (κ1) is 18.6. The number of hydrogen-bond acceptors (Lipinski definition) is 6. The average Bonchev–Trinajstić information content (AvgIpc) is 3.22. The molecule has 1 fully saturated rings. The smallest absolute Gasteiger partial charge is 0.342 e. The summed E-state index contributed by atoms with van der Waals surface area (Å²) in [5.74, 6) is 0.00316. The average molecular weight is 388 g/mol. The number of nitrogens with one attached hydrogen (secondary N) is 1. The molecule has 0 aromatic carbocycles. The summed E-state index contributed by atoms with van der Waals surface area (Å²) in [4.78, 5) is 18.9. The van der Waals surface area contributed by atoms with Crippen LogP contribution in [0.2, 0.25) is 0 Å². The minimum absolute atomic E-state index is 0.162. The van der Waals surface area contributed by atoms with Gasteiger partial charge in [-0.2, -0.15) is 22.6 Å². The van der Waals surface area contributed by atoms with Crippen LogP contribution in [0.1, 0.15) is 53.4 Å². The van der Waals surface area contributed by atoms with E-state index < -0.39 is 23.8 Å². The Balaban J connectivity index is 1.68. The van der Waals surface area contributed by atoms with E-state index in [0.29, 0.717) is 11.0 Å². The third-order valence-corrected chi connectivity index (χ3v) is 5.08. The monoisotopic (exact) mass is 388 g/mol. The molecule has 0 bridgehead atoms. The summed E-state index contributed by atoms with van der Waals surface area (Å²) in [7, 11) is 1.30. The van der Waals surface area contributed by atoms with Crippen molar-refractivity contribution in [3.8, 4) is 0 Å². The first-order chi connectivity index (χ1) is 12.3. The molecule has 1 aliphatic heterocycles. The second kappa shape index (κ2) is 7.22. The number of aryl methyl sites for hydroxylation is 1. The minimum atomic E-state index is -4.59. The number of carbonyl (C=O) groups excluding carboxylic acids is 1. The zero-order valence-electron chi connectivity index (χ0n) is 14.4. The molecule has 1 N–H and O–H groups in total. The van der Waals surface area contributed by atoms with Gasteiger partial charge in [-0.05, 0) is 37.7 Å². The molecule has 3 heterocycles. The topological polar surface area (TPSA) is 75.9 Å². The fraction of sp³-hybridized carbons (Fsp3) is 0.600. The van der Waals surface area contributed by atoms with Crippen molar-refractivity contribution in [2.24, 2.45) is 7.05 Å². The van der Waals surface area contributed by atoms with Crippen molar-refractivity contribution in [2.75, 3.05) is 18.0 Å². The lowest BCUT2D eigenvalue weighted by atomic mass is 10.1. The molecule has 3 rings (SSSR count). The summed E-state index contributed by atoms with van der Waals surface area (Å²) in [6.45, 7) is 3.54. The summed E-state index contributed by atoms with van der Waals surface area (Å²) in [5, 5.41) is 6.61. The molecule has 1 unspecified atom stereocenters. The Bertz CT molecular complexity index is 781. The Kier molecular flexibility index (Phi) is 5.17. The number of aromatic nitrogens is 4. The van der Waals surface area contributed by atoms with E-state index in [1.54, 1.807) is 6.92 Å². The first-order valence-electron chi connectivity index (χ1n) is 8.26. The Hall–Kier alpha value is -2.17. The highest BCUT2D eigenvalue weighted by Crippen LogP contribution is 2.28. The van der Waals surface area contributed by atoms with Gasteiger partial charge >= 0.3 is 6.18 Å². The molecular weight excluding hydrogens is 369 g/mol. The molecule has 0 spiro atoms. The van der Waals surface area contributed by atoms with E-state index in [2.05, 4.69) is 24.7 Å². The largest absolute Gasteiger partial charge is 0.435 e. The molecule has 26 heavy (non-hydrogen) atoms. The summed E-state index contributed by atoms with van der Waals surface area (Å²) in [6, 6.07) is 0.268. The van der Waals surface area contributed by atoms with Gasteiger partial charge in [0.05, 0.1) is 6.04 Å². The summed E-state index contributed by atoms with van der Waals surface area (Å²) in [5.41, 5.74) is -1.26. The van der Waals surface area contributed by atoms with Crippen molar-refractivity contribution in [1.82, 2.24) is 24.5 Å². The number of hydrogen-bond donors (Lipinski definition) is 1. The van der Waals surface area contributed by atoms with Crippen LogP contribution < -0.4 is 10.2 Å². The fourth-order valence-corrected chi connectivity index (χ4v) is 3.45. The van der Waals surface area contributed by atoms with Gasteiger partial charge < -0.3 is 10.2 Å². The molecule has 1 amide bonds. The lowest BCUT2D eigenvalue weighted by Crippen LogP contribution is -2.30. The molecule has 0 aliphatic carbocycles. The van der Waals surface area contributed by atoms with Gasteiger partial charge in [0.15, 0.2) is 5.69 Å². The second-order valence-corrected chi connectivity index (χ2v) is 7.00. The predicted octanol–water partition coefficient (Wildman–Crippen LogP) is 2.77. The van der Waals surface area contributed by atoms with Crippen molar-refractivity contribution < 1.29 is 18.0 Å². The lowest BCUT2D eigenvalue weighted by molar-refractivity contribution is -0.141. The van der Waals surface area contributed by atoms with Gasteiger partial charge in [0, 0.05) is 26.2 Å². The van der Waals surface area contributed by atoms with Gasteiger partial charge in [-0.15, -0.1) is 0 Å². The van der Waals surface area contributed by atoms with Crippen LogP contribution in [0.15, 0.2) is 6.07 Å². The van der Waals surface area contributed by atoms with Crippen LogP contribution in [-0.4, -0.2) is 38.1 Å². The SMILES string of the molecule is CC(NC(=O)c1cc(C(F)(F)F)nn1C)c1nc(N2CCCCC2)ns1. The van der Waals surface area contributed by atoms with Crippen LogP contribution in [-0.2, 0) is 13.2 Å². The number of nitrogens with zero attached hydrogens (tertiary/aromatic N) is 5. The zero-order chi connectivity index (χ0) is 18.9. The van der Waals surface area contributed by atoms with Crippen LogP contribution >= 0.6 is 11.5 Å². The van der Waals surface area contributed by atoms with Crippen LogP contribution in [0.5, 0.6) is 0 Å². The predicted molar refractivity (Wildman–Crippen MR) is 90.1 cm³/mol. The quantitative estimate of drug-likeness (QED) is 0.872. The zero-order valence-corrected chi connectivity index (χ0v) is 15.2. The summed E-state index contributed by atoms with van der Waals surface area (Å²) < 4.78 is 43.4. The number of carbonyl (C=O) groups is 1. The van der Waals surface area contributed by atoms with Gasteiger partial charge in [0.1, 0.15) is 10.7 Å². The molecule has 1 saturated heterocycles. The van der Waals surface area contributed by atoms with Crippen LogP contribution in [0.25, 0.3) is 0 Å². The molecule has 2 aromatic heterocycles. The standard InChI is InChI=1S/C15H19F3N6OS/c1-9(13-20-14(22-26-13)24-6-4-3-5-7-24)19-12(25)10-8-11(15(16,17)18)21-23(10)2/h8-9H,3-7H2,1-2H3,(H,19,25). The van der Waals surface area contributed by atoms with Crippen molar-refractivity contribution in [3.05, 3.63) is 22.5 Å². The molecule has 7 nitrogen and oxygen atoms in total. The van der Waals surface area contributed by atoms with Crippen molar-refractivity contribution in [1.29, 1.82) is 0 Å². The molecule has 11 heteroatoms. The maximum Gasteiger partial charge on any atom is 0.435 e. The van der Waals surface area contributed by atoms with Gasteiger partial charge in [-0.1, -0.05) is 0 Å². The summed E-state index contributed by atoms with van der Waals surface area (Å²) >= 11 is 1.18. The normalized spacial score (nSPS) is 16.6. The molecule has 0 radical (unpaired) electrons. The van der Waals surface area contributed by atoms with E-state index in [-0.39, 0.29) is 5.69 Å². The molecule has 0 saturated carbocycles. The van der Waals surface area contributed by atoms with Crippen molar-refractivity contribution in [3.63, 3.8) is 0 Å². The highest BCUT2D eigenvalue weighted by atomic mass is 32.1. The Morgan fingerprint density at radius 3 is 2.62 bits per heavy atom. The minimum Gasteiger partial charge on any atom is -0.342 e. The molecule has 1 aliphatic rings. The van der Waals surface area contributed by atoms with Gasteiger partial charge in [0.2, 0.25) is 5.95 Å². The summed E-state index contributed by atoms with van der Waals surface area (Å²) in [6.07, 6.45) is -1.19. The highest BCUT2D eigenvalue weighted by Gasteiger charge is 2.35. The third-order valence-electron chi connectivity index (χ3n) is 4.19. The molecule has 2 aromatic rings. The number of rotatable bonds is 4. The van der Waals surface area contributed by atoms with E-state index in [1.165, 1.54) is 25.0 Å². The Labute approximate surface area is 152 Å². The van der Waals surface area contributed by atoms with E-state index in [4.69, 9.17) is 0 Å². The number of piperidine rings is 1. The molecule has 142 valence electrons. The van der Waals surface area contributed by atoms with E-state index in [1.807, 2.05) is 0 Å². The Morgan fingerprint density at radius 1 is 1.31 bits per heavy atom. The maximum absolute atomic E-state index is 12.7. The lowest BCUT2D eigenvalue weighted by Gasteiger charge is -2.25. The van der Waals surface area contributed by atoms with Crippen LogP contribution in [0.4, 0.5) is 19.1 Å².